The number of carbonyl (C=O) groups is 1. The van der Waals surface area contributed by atoms with E-state index >= 15 is 0 Å². The molecule has 0 bridgehead atoms. The van der Waals surface area contributed by atoms with Gasteiger partial charge in [-0.3, -0.25) is 4.79 Å². The van der Waals surface area contributed by atoms with E-state index in [1.165, 1.54) is 11.8 Å². The Morgan fingerprint density at radius 3 is 2.32 bits per heavy atom. The molecule has 0 aliphatic heterocycles. The molecule has 2 nitrogen and oxygen atoms in total. The van der Waals surface area contributed by atoms with Gasteiger partial charge in [-0.25, -0.2) is 0 Å². The zero-order chi connectivity index (χ0) is 14.3. The second-order valence-corrected chi connectivity index (χ2v) is 5.89. The monoisotopic (exact) mass is 295 g/mol. The molecule has 0 aromatic heterocycles. The Hall–Kier alpha value is -1.19. The van der Waals surface area contributed by atoms with Crippen molar-refractivity contribution in [3.8, 4) is 0 Å². The summed E-state index contributed by atoms with van der Waals surface area (Å²) in [7, 11) is 0. The molecule has 19 heavy (non-hydrogen) atoms. The molecule has 1 atom stereocenters. The lowest BCUT2D eigenvalue weighted by Crippen LogP contribution is -2.36. The van der Waals surface area contributed by atoms with Gasteiger partial charge >= 0.3 is 0 Å². The summed E-state index contributed by atoms with van der Waals surface area (Å²) >= 11 is 7.36. The molecule has 1 aromatic rings. The third-order valence-electron chi connectivity index (χ3n) is 2.48. The largest absolute Gasteiger partial charge is 0.334 e. The van der Waals surface area contributed by atoms with Gasteiger partial charge in [0, 0.05) is 23.0 Å². The Balaban J connectivity index is 2.67. The summed E-state index contributed by atoms with van der Waals surface area (Å²) in [5.41, 5.74) is 0. The van der Waals surface area contributed by atoms with E-state index in [1.54, 1.807) is 17.1 Å². The third-order valence-corrected chi connectivity index (χ3v) is 3.84. The first-order valence-corrected chi connectivity index (χ1v) is 7.27. The number of carbonyl (C=O) groups excluding carboxylic acids is 1. The molecule has 0 saturated heterocycles. The van der Waals surface area contributed by atoms with Gasteiger partial charge in [0.1, 0.15) is 0 Å². The fraction of sp³-hybridized carbons (Fsp3) is 0.267. The van der Waals surface area contributed by atoms with Crippen molar-refractivity contribution in [2.24, 2.45) is 0 Å². The maximum absolute atomic E-state index is 12.3. The normalized spacial score (nSPS) is 11.7. The Morgan fingerprint density at radius 2 is 1.84 bits per heavy atom. The quantitative estimate of drug-likeness (QED) is 0.559. The fourth-order valence-corrected chi connectivity index (χ4v) is 2.67. The molecule has 1 unspecified atom stereocenters. The van der Waals surface area contributed by atoms with E-state index in [0.29, 0.717) is 18.1 Å². The molecule has 0 radical (unpaired) electrons. The molecule has 0 heterocycles. The first-order chi connectivity index (χ1) is 9.08. The van der Waals surface area contributed by atoms with Gasteiger partial charge in [0.2, 0.25) is 5.91 Å². The number of thioether (sulfide) groups is 1. The van der Waals surface area contributed by atoms with Crippen LogP contribution in [0.4, 0.5) is 0 Å². The molecule has 0 spiro atoms. The molecule has 0 saturated carbocycles. The number of amides is 1. The number of halogens is 1. The molecule has 0 aliphatic carbocycles. The lowest BCUT2D eigenvalue weighted by atomic mass is 10.3. The van der Waals surface area contributed by atoms with E-state index in [0.717, 1.165) is 4.90 Å². The summed E-state index contributed by atoms with van der Waals surface area (Å²) in [4.78, 5) is 15.0. The van der Waals surface area contributed by atoms with E-state index in [-0.39, 0.29) is 11.2 Å². The smallest absolute Gasteiger partial charge is 0.236 e. The molecule has 1 rings (SSSR count). The number of rotatable bonds is 7. The highest BCUT2D eigenvalue weighted by molar-refractivity contribution is 8.00. The van der Waals surface area contributed by atoms with Crippen LogP contribution < -0.4 is 0 Å². The molecular formula is C15H18ClNOS. The Bertz CT molecular complexity index is 434. The summed E-state index contributed by atoms with van der Waals surface area (Å²) in [5, 5.41) is 0.546. The van der Waals surface area contributed by atoms with Crippen molar-refractivity contribution in [1.29, 1.82) is 0 Å². The van der Waals surface area contributed by atoms with Gasteiger partial charge < -0.3 is 4.90 Å². The average molecular weight is 296 g/mol. The van der Waals surface area contributed by atoms with Crippen LogP contribution in [0.2, 0.25) is 5.02 Å². The molecule has 102 valence electrons. The van der Waals surface area contributed by atoms with Crippen LogP contribution in [-0.2, 0) is 4.79 Å². The second-order valence-electron chi connectivity index (χ2n) is 4.03. The number of hydrogen-bond donors (Lipinski definition) is 0. The first kappa shape index (κ1) is 15.9. The van der Waals surface area contributed by atoms with E-state index < -0.39 is 0 Å². The summed E-state index contributed by atoms with van der Waals surface area (Å²) in [6.07, 6.45) is 3.45. The molecule has 1 amide bonds. The van der Waals surface area contributed by atoms with Gasteiger partial charge in [-0.1, -0.05) is 23.8 Å². The van der Waals surface area contributed by atoms with Gasteiger partial charge in [0.05, 0.1) is 5.25 Å². The zero-order valence-electron chi connectivity index (χ0n) is 11.0. The predicted octanol–water partition coefficient (Wildman–Crippen LogP) is 4.02. The molecule has 0 aliphatic rings. The van der Waals surface area contributed by atoms with Crippen molar-refractivity contribution in [2.75, 3.05) is 13.1 Å². The average Bonchev–Trinajstić information content (AvgIpc) is 2.40. The zero-order valence-corrected chi connectivity index (χ0v) is 12.6. The standard InChI is InChI=1S/C15H18ClNOS/c1-4-10-17(11-5-2)15(18)12(3)19-14-8-6-13(16)7-9-14/h4-9,12H,1-2,10-11H2,3H3. The van der Waals surface area contributed by atoms with Crippen molar-refractivity contribution in [3.63, 3.8) is 0 Å². The van der Waals surface area contributed by atoms with Crippen molar-refractivity contribution in [2.45, 2.75) is 17.1 Å². The minimum Gasteiger partial charge on any atom is -0.334 e. The Labute approximate surface area is 124 Å². The van der Waals surface area contributed by atoms with Crippen LogP contribution in [0, 0.1) is 0 Å². The summed E-state index contributed by atoms with van der Waals surface area (Å²) < 4.78 is 0. The summed E-state index contributed by atoms with van der Waals surface area (Å²) in [6.45, 7) is 10.3. The highest BCUT2D eigenvalue weighted by Gasteiger charge is 2.19. The highest BCUT2D eigenvalue weighted by Crippen LogP contribution is 2.25. The summed E-state index contributed by atoms with van der Waals surface area (Å²) in [6, 6.07) is 7.49. The van der Waals surface area contributed by atoms with E-state index in [4.69, 9.17) is 11.6 Å². The minimum absolute atomic E-state index is 0.0831. The topological polar surface area (TPSA) is 20.3 Å². The van der Waals surface area contributed by atoms with Crippen LogP contribution in [0.25, 0.3) is 0 Å². The van der Waals surface area contributed by atoms with Crippen LogP contribution in [0.15, 0.2) is 54.5 Å². The maximum Gasteiger partial charge on any atom is 0.236 e. The van der Waals surface area contributed by atoms with Gasteiger partial charge in [0.15, 0.2) is 0 Å². The lowest BCUT2D eigenvalue weighted by molar-refractivity contribution is -0.129. The first-order valence-electron chi connectivity index (χ1n) is 6.01. The molecule has 0 fully saturated rings. The van der Waals surface area contributed by atoms with E-state index in [2.05, 4.69) is 13.2 Å². The van der Waals surface area contributed by atoms with Gasteiger partial charge in [-0.15, -0.1) is 24.9 Å². The van der Waals surface area contributed by atoms with Crippen LogP contribution >= 0.6 is 23.4 Å². The molecule has 4 heteroatoms. The van der Waals surface area contributed by atoms with E-state index in [1.807, 2.05) is 31.2 Å². The van der Waals surface area contributed by atoms with Crippen molar-refractivity contribution in [3.05, 3.63) is 54.6 Å². The lowest BCUT2D eigenvalue weighted by Gasteiger charge is -2.23. The van der Waals surface area contributed by atoms with Crippen molar-refractivity contribution < 1.29 is 4.79 Å². The third kappa shape index (κ3) is 5.13. The fourth-order valence-electron chi connectivity index (χ4n) is 1.59. The van der Waals surface area contributed by atoms with Crippen molar-refractivity contribution in [1.82, 2.24) is 4.90 Å². The Morgan fingerprint density at radius 1 is 1.32 bits per heavy atom. The number of nitrogens with zero attached hydrogens (tertiary/aromatic N) is 1. The Kier molecular flexibility index (Phi) is 6.74. The molecular weight excluding hydrogens is 278 g/mol. The predicted molar refractivity (Wildman–Crippen MR) is 83.7 cm³/mol. The van der Waals surface area contributed by atoms with Crippen LogP contribution in [0.5, 0.6) is 0 Å². The van der Waals surface area contributed by atoms with Crippen LogP contribution in [-0.4, -0.2) is 29.1 Å². The van der Waals surface area contributed by atoms with Gasteiger partial charge in [0.25, 0.3) is 0 Å². The van der Waals surface area contributed by atoms with Crippen LogP contribution in [0.3, 0.4) is 0 Å². The number of hydrogen-bond acceptors (Lipinski definition) is 2. The van der Waals surface area contributed by atoms with Gasteiger partial charge in [-0.05, 0) is 31.2 Å². The second kappa shape index (κ2) is 8.08. The van der Waals surface area contributed by atoms with E-state index in [9.17, 15) is 4.79 Å². The SMILES string of the molecule is C=CCN(CC=C)C(=O)C(C)Sc1ccc(Cl)cc1. The molecule has 0 N–H and O–H groups in total. The summed E-state index contributed by atoms with van der Waals surface area (Å²) in [5.74, 6) is 0.0831. The number of benzene rings is 1. The molecule has 1 aromatic carbocycles. The van der Waals surface area contributed by atoms with Crippen LogP contribution in [0.1, 0.15) is 6.92 Å². The van der Waals surface area contributed by atoms with Gasteiger partial charge in [-0.2, -0.15) is 0 Å². The van der Waals surface area contributed by atoms with Crippen molar-refractivity contribution >= 4 is 29.3 Å². The highest BCUT2D eigenvalue weighted by atomic mass is 35.5. The minimum atomic E-state index is -0.152. The maximum atomic E-state index is 12.3.